The molecule has 0 saturated carbocycles. The van der Waals surface area contributed by atoms with Crippen molar-refractivity contribution in [2.24, 2.45) is 5.73 Å². The number of nitrogens with zero attached hydrogens (tertiary/aromatic N) is 3. The number of ether oxygens (including phenoxy) is 1. The number of hydrogen-bond donors (Lipinski definition) is 6. The lowest BCUT2D eigenvalue weighted by Crippen LogP contribution is -2.44. The van der Waals surface area contributed by atoms with E-state index in [1.54, 1.807) is 4.90 Å². The maximum atomic E-state index is 10.3. The van der Waals surface area contributed by atoms with Crippen LogP contribution in [0.4, 0.5) is 17.3 Å². The highest BCUT2D eigenvalue weighted by Gasteiger charge is 2.47. The van der Waals surface area contributed by atoms with Crippen LogP contribution >= 0.6 is 11.8 Å². The number of aliphatic hydroxyl groups excluding tert-OH is 2. The summed E-state index contributed by atoms with van der Waals surface area (Å²) in [6.45, 7) is 0.288. The molecule has 0 bridgehead atoms. The number of fused-ring (bicyclic) bond motifs is 1. The van der Waals surface area contributed by atoms with Crippen molar-refractivity contribution in [3.63, 3.8) is 0 Å². The number of rotatable bonds is 5. The van der Waals surface area contributed by atoms with Gasteiger partial charge >= 0.3 is 0 Å². The van der Waals surface area contributed by atoms with Gasteiger partial charge in [0.25, 0.3) is 0 Å². The summed E-state index contributed by atoms with van der Waals surface area (Å²) in [5, 5.41) is 31.4. The van der Waals surface area contributed by atoms with Gasteiger partial charge in [-0.25, -0.2) is 9.97 Å². The molecule has 10 nitrogen and oxygen atoms in total. The first kappa shape index (κ1) is 17.2. The molecule has 24 heavy (non-hydrogen) atoms. The Kier molecular flexibility index (Phi) is 4.78. The van der Waals surface area contributed by atoms with Crippen LogP contribution < -0.4 is 21.7 Å². The first-order valence-corrected chi connectivity index (χ1v) is 8.83. The molecule has 4 atom stereocenters. The number of thioether (sulfide) groups is 1. The second-order valence-electron chi connectivity index (χ2n) is 5.62. The van der Waals surface area contributed by atoms with Crippen molar-refractivity contribution in [1.29, 1.82) is 5.41 Å². The topological polar surface area (TPSA) is 167 Å². The first-order valence-electron chi connectivity index (χ1n) is 7.44. The Hall–Kier alpha value is -1.66. The van der Waals surface area contributed by atoms with E-state index in [1.165, 1.54) is 11.8 Å². The summed E-state index contributed by atoms with van der Waals surface area (Å²) in [6.07, 6.45) is -1.39. The van der Waals surface area contributed by atoms with E-state index in [2.05, 4.69) is 15.3 Å². The number of nitrogens with two attached hydrogens (primary N) is 2. The largest absolute Gasteiger partial charge is 0.387 e. The molecule has 1 fully saturated rings. The van der Waals surface area contributed by atoms with Gasteiger partial charge in [0.15, 0.2) is 23.7 Å². The third kappa shape index (κ3) is 2.78. The van der Waals surface area contributed by atoms with Crippen LogP contribution in [0.1, 0.15) is 5.82 Å². The van der Waals surface area contributed by atoms with Gasteiger partial charge in [-0.3, -0.25) is 0 Å². The molecule has 132 valence electrons. The minimum absolute atomic E-state index is 0.0112. The van der Waals surface area contributed by atoms with Gasteiger partial charge in [0.1, 0.15) is 17.9 Å². The molecule has 11 heteroatoms. The monoisotopic (exact) mass is 355 g/mol. The van der Waals surface area contributed by atoms with E-state index >= 15 is 0 Å². The number of anilines is 3. The minimum atomic E-state index is -1.08. The van der Waals surface area contributed by atoms with Crippen molar-refractivity contribution in [2.75, 3.05) is 41.2 Å². The molecule has 2 aliphatic rings. The Morgan fingerprint density at radius 2 is 2.21 bits per heavy atom. The highest BCUT2D eigenvalue weighted by atomic mass is 32.2. The molecule has 0 amide bonds. The predicted molar refractivity (Wildman–Crippen MR) is 92.4 cm³/mol. The van der Waals surface area contributed by atoms with Gasteiger partial charge < -0.3 is 42.0 Å². The predicted octanol–water partition coefficient (Wildman–Crippen LogP) is -1.62. The van der Waals surface area contributed by atoms with E-state index in [4.69, 9.17) is 21.6 Å². The summed E-state index contributed by atoms with van der Waals surface area (Å²) >= 11 is 1.53. The molecule has 3 heterocycles. The fraction of sp³-hybridized carbons (Fsp3) is 0.615. The SMILES string of the molecule is CSC[C@H]1O[C@@H](N2CNc3c(N)nc(C(=N)CN)nc32)[C@H](O)[C@@H]1O. The van der Waals surface area contributed by atoms with Gasteiger partial charge in [0.2, 0.25) is 0 Å². The molecule has 0 aromatic carbocycles. The number of nitrogens with one attached hydrogen (secondary N) is 2. The molecule has 0 spiro atoms. The molecule has 1 aromatic rings. The normalized spacial score (nSPS) is 28.8. The van der Waals surface area contributed by atoms with Crippen LogP contribution in [0, 0.1) is 5.41 Å². The molecule has 3 rings (SSSR count). The molecule has 0 radical (unpaired) electrons. The second-order valence-corrected chi connectivity index (χ2v) is 6.53. The molecular weight excluding hydrogens is 334 g/mol. The Morgan fingerprint density at radius 1 is 1.46 bits per heavy atom. The van der Waals surface area contributed by atoms with Gasteiger partial charge in [0, 0.05) is 12.3 Å². The van der Waals surface area contributed by atoms with Crippen molar-refractivity contribution >= 4 is 34.8 Å². The fourth-order valence-corrected chi connectivity index (χ4v) is 3.41. The van der Waals surface area contributed by atoms with Crippen molar-refractivity contribution in [2.45, 2.75) is 24.5 Å². The summed E-state index contributed by atoms with van der Waals surface area (Å²) in [4.78, 5) is 10.1. The van der Waals surface area contributed by atoms with Crippen LogP contribution in [-0.4, -0.2) is 75.7 Å². The van der Waals surface area contributed by atoms with Crippen LogP contribution in [-0.2, 0) is 4.74 Å². The molecule has 1 aromatic heterocycles. The van der Waals surface area contributed by atoms with Gasteiger partial charge in [0.05, 0.1) is 18.5 Å². The second kappa shape index (κ2) is 6.69. The quantitative estimate of drug-likeness (QED) is 0.338. The molecule has 0 unspecified atom stereocenters. The average molecular weight is 355 g/mol. The fourth-order valence-electron chi connectivity index (χ4n) is 2.81. The third-order valence-corrected chi connectivity index (χ3v) is 4.73. The summed E-state index contributed by atoms with van der Waals surface area (Å²) in [5.74, 6) is 1.33. The van der Waals surface area contributed by atoms with E-state index in [1.807, 2.05) is 6.26 Å². The zero-order valence-corrected chi connectivity index (χ0v) is 14.0. The lowest BCUT2D eigenvalue weighted by atomic mass is 10.1. The lowest BCUT2D eigenvalue weighted by molar-refractivity contribution is 0.0171. The maximum absolute atomic E-state index is 10.3. The van der Waals surface area contributed by atoms with Crippen LogP contribution in [0.2, 0.25) is 0 Å². The molecular formula is C13H21N7O3S. The first-order chi connectivity index (χ1) is 11.5. The number of aromatic nitrogens is 2. The Bertz CT molecular complexity index is 646. The third-order valence-electron chi connectivity index (χ3n) is 4.07. The lowest BCUT2D eigenvalue weighted by Gasteiger charge is -2.27. The van der Waals surface area contributed by atoms with Gasteiger partial charge in [-0.05, 0) is 6.26 Å². The number of hydrogen-bond acceptors (Lipinski definition) is 11. The van der Waals surface area contributed by atoms with Crippen LogP contribution in [0.25, 0.3) is 0 Å². The Morgan fingerprint density at radius 3 is 2.88 bits per heavy atom. The molecule has 8 N–H and O–H groups in total. The Balaban J connectivity index is 1.91. The highest BCUT2D eigenvalue weighted by Crippen LogP contribution is 2.38. The molecule has 1 saturated heterocycles. The molecule has 2 aliphatic heterocycles. The van der Waals surface area contributed by atoms with Crippen molar-refractivity contribution in [3.8, 4) is 0 Å². The zero-order valence-electron chi connectivity index (χ0n) is 13.1. The smallest absolute Gasteiger partial charge is 0.178 e. The number of aliphatic hydroxyl groups is 2. The summed E-state index contributed by atoms with van der Waals surface area (Å²) in [7, 11) is 0. The standard InChI is InChI=1S/C13H21N7O3S/c1-24-3-6-8(21)9(22)13(23-6)20-4-17-7-10(16)18-11(5(15)2-14)19-12(7)20/h6,8-9,13,15,17,21-22H,2-4,14H2,1H3,(H2,16,18,19)/t6-,8-,9-,13-/m1/s1. The van der Waals surface area contributed by atoms with E-state index in [9.17, 15) is 10.2 Å². The van der Waals surface area contributed by atoms with Crippen molar-refractivity contribution in [1.82, 2.24) is 9.97 Å². The average Bonchev–Trinajstić information content (AvgIpc) is 3.11. The van der Waals surface area contributed by atoms with Gasteiger partial charge in [-0.1, -0.05) is 0 Å². The minimum Gasteiger partial charge on any atom is -0.387 e. The van der Waals surface area contributed by atoms with Gasteiger partial charge in [-0.15, -0.1) is 0 Å². The Labute approximate surface area is 143 Å². The van der Waals surface area contributed by atoms with Crippen molar-refractivity contribution in [3.05, 3.63) is 5.82 Å². The van der Waals surface area contributed by atoms with Crippen LogP contribution in [0.15, 0.2) is 0 Å². The highest BCUT2D eigenvalue weighted by molar-refractivity contribution is 7.98. The zero-order chi connectivity index (χ0) is 17.4. The van der Waals surface area contributed by atoms with E-state index in [0.717, 1.165) is 0 Å². The van der Waals surface area contributed by atoms with Crippen LogP contribution in [0.3, 0.4) is 0 Å². The summed E-state index contributed by atoms with van der Waals surface area (Å²) in [5.41, 5.74) is 12.0. The van der Waals surface area contributed by atoms with Crippen molar-refractivity contribution < 1.29 is 14.9 Å². The molecule has 0 aliphatic carbocycles. The summed E-state index contributed by atoms with van der Waals surface area (Å²) in [6, 6.07) is 0. The maximum Gasteiger partial charge on any atom is 0.178 e. The van der Waals surface area contributed by atoms with E-state index in [-0.39, 0.29) is 23.9 Å². The summed E-state index contributed by atoms with van der Waals surface area (Å²) < 4.78 is 5.82. The number of nitrogen functional groups attached to an aromatic ring is 1. The van der Waals surface area contributed by atoms with Crippen LogP contribution in [0.5, 0.6) is 0 Å². The van der Waals surface area contributed by atoms with E-state index in [0.29, 0.717) is 23.9 Å². The van der Waals surface area contributed by atoms with E-state index < -0.39 is 24.5 Å². The van der Waals surface area contributed by atoms with Gasteiger partial charge in [-0.2, -0.15) is 11.8 Å².